The Bertz CT molecular complexity index is 639. The maximum Gasteiger partial charge on any atom is 0.171 e. The lowest BCUT2D eigenvalue weighted by molar-refractivity contribution is 0.318. The Hall–Kier alpha value is -1.89. The van der Waals surface area contributed by atoms with Crippen molar-refractivity contribution in [1.29, 1.82) is 0 Å². The molecule has 0 spiro atoms. The Balaban J connectivity index is 2.59. The van der Waals surface area contributed by atoms with E-state index in [9.17, 15) is 4.39 Å². The van der Waals surface area contributed by atoms with Crippen molar-refractivity contribution in [2.75, 3.05) is 0 Å². The van der Waals surface area contributed by atoms with E-state index in [0.717, 1.165) is 5.82 Å². The van der Waals surface area contributed by atoms with Crippen molar-refractivity contribution in [3.63, 3.8) is 0 Å². The predicted octanol–water partition coefficient (Wildman–Crippen LogP) is 2.43. The Morgan fingerprint density at radius 2 is 2.32 bits per heavy atom. The highest BCUT2D eigenvalue weighted by molar-refractivity contribution is 9.10. The summed E-state index contributed by atoms with van der Waals surface area (Å²) in [5.74, 6) is 0.109. The van der Waals surface area contributed by atoms with Crippen molar-refractivity contribution in [2.45, 2.75) is 13.3 Å². The Kier molecular flexibility index (Phi) is 3.84. The number of hydrogen-bond donors (Lipinski definition) is 2. The average molecular weight is 327 g/mol. The van der Waals surface area contributed by atoms with E-state index in [0.29, 0.717) is 17.7 Å². The van der Waals surface area contributed by atoms with Crippen LogP contribution in [-0.4, -0.2) is 20.6 Å². The number of rotatable bonds is 3. The van der Waals surface area contributed by atoms with Crippen LogP contribution in [0.2, 0.25) is 0 Å². The van der Waals surface area contributed by atoms with Crippen LogP contribution in [0.3, 0.4) is 0 Å². The summed E-state index contributed by atoms with van der Waals surface area (Å²) in [6, 6.07) is 3.14. The molecule has 0 aliphatic carbocycles. The molecule has 1 heterocycles. The molecule has 0 fully saturated rings. The minimum atomic E-state index is -0.489. The summed E-state index contributed by atoms with van der Waals surface area (Å²) in [6.07, 6.45) is 3.99. The molecule has 2 rings (SSSR count). The summed E-state index contributed by atoms with van der Waals surface area (Å²) in [5, 5.41) is 11.5. The van der Waals surface area contributed by atoms with Gasteiger partial charge in [-0.2, -0.15) is 0 Å². The molecule has 3 N–H and O–H groups in total. The van der Waals surface area contributed by atoms with Crippen molar-refractivity contribution >= 4 is 21.8 Å². The van der Waals surface area contributed by atoms with E-state index in [4.69, 9.17) is 10.9 Å². The SMILES string of the molecule is CCc1nccn1-c1ccc(/C(N)=N/O)c(Br)c1F. The number of aryl methyl sites for hydroxylation is 1. The van der Waals surface area contributed by atoms with Crippen LogP contribution in [0.4, 0.5) is 4.39 Å². The fourth-order valence-electron chi connectivity index (χ4n) is 1.79. The van der Waals surface area contributed by atoms with Crippen LogP contribution < -0.4 is 5.73 Å². The molecule has 0 saturated heterocycles. The Morgan fingerprint density at radius 3 is 2.95 bits per heavy atom. The Morgan fingerprint density at radius 1 is 1.58 bits per heavy atom. The summed E-state index contributed by atoms with van der Waals surface area (Å²) in [4.78, 5) is 4.15. The van der Waals surface area contributed by atoms with Crippen molar-refractivity contribution in [3.8, 4) is 5.69 Å². The van der Waals surface area contributed by atoms with E-state index in [1.54, 1.807) is 29.1 Å². The minimum absolute atomic E-state index is 0.149. The number of imidazole rings is 1. The van der Waals surface area contributed by atoms with Crippen LogP contribution in [0.15, 0.2) is 34.2 Å². The van der Waals surface area contributed by atoms with Gasteiger partial charge in [0.05, 0.1) is 10.2 Å². The van der Waals surface area contributed by atoms with E-state index in [1.807, 2.05) is 6.92 Å². The quantitative estimate of drug-likeness (QED) is 0.393. The molecule has 1 aromatic carbocycles. The van der Waals surface area contributed by atoms with E-state index < -0.39 is 5.82 Å². The first-order chi connectivity index (χ1) is 9.10. The fourth-order valence-corrected chi connectivity index (χ4v) is 2.33. The van der Waals surface area contributed by atoms with Gasteiger partial charge in [0.25, 0.3) is 0 Å². The smallest absolute Gasteiger partial charge is 0.171 e. The van der Waals surface area contributed by atoms with Crippen LogP contribution in [0.1, 0.15) is 18.3 Å². The molecular weight excluding hydrogens is 315 g/mol. The van der Waals surface area contributed by atoms with E-state index in [2.05, 4.69) is 26.1 Å². The second-order valence-electron chi connectivity index (χ2n) is 3.81. The van der Waals surface area contributed by atoms with Crippen molar-refractivity contribution in [2.24, 2.45) is 10.9 Å². The van der Waals surface area contributed by atoms with Gasteiger partial charge >= 0.3 is 0 Å². The van der Waals surface area contributed by atoms with Gasteiger partial charge in [0, 0.05) is 24.4 Å². The summed E-state index contributed by atoms with van der Waals surface area (Å²) in [7, 11) is 0. The number of halogens is 2. The van der Waals surface area contributed by atoms with Crippen molar-refractivity contribution in [3.05, 3.63) is 46.2 Å². The zero-order chi connectivity index (χ0) is 14.0. The van der Waals surface area contributed by atoms with Gasteiger partial charge in [0.15, 0.2) is 11.7 Å². The molecule has 0 bridgehead atoms. The third-order valence-electron chi connectivity index (χ3n) is 2.74. The standard InChI is InChI=1S/C12H12BrFN4O/c1-2-9-16-5-6-18(9)8-4-3-7(12(15)17-19)10(13)11(8)14/h3-6,19H,2H2,1H3,(H2,15,17). The summed E-state index contributed by atoms with van der Waals surface area (Å²) in [5.41, 5.74) is 6.12. The number of amidine groups is 1. The fraction of sp³-hybridized carbons (Fsp3) is 0.167. The summed E-state index contributed by atoms with van der Waals surface area (Å²) in [6.45, 7) is 1.94. The van der Waals surface area contributed by atoms with Crippen LogP contribution >= 0.6 is 15.9 Å². The van der Waals surface area contributed by atoms with E-state index >= 15 is 0 Å². The van der Waals surface area contributed by atoms with Crippen molar-refractivity contribution < 1.29 is 9.60 Å². The number of benzene rings is 1. The molecule has 7 heteroatoms. The zero-order valence-corrected chi connectivity index (χ0v) is 11.7. The maximum absolute atomic E-state index is 14.4. The highest BCUT2D eigenvalue weighted by Gasteiger charge is 2.16. The highest BCUT2D eigenvalue weighted by Crippen LogP contribution is 2.26. The molecule has 0 aliphatic heterocycles. The van der Waals surface area contributed by atoms with Crippen molar-refractivity contribution in [1.82, 2.24) is 9.55 Å². The van der Waals surface area contributed by atoms with Gasteiger partial charge in [0.2, 0.25) is 0 Å². The van der Waals surface area contributed by atoms with Gasteiger partial charge < -0.3 is 15.5 Å². The largest absolute Gasteiger partial charge is 0.409 e. The van der Waals surface area contributed by atoms with Gasteiger partial charge in [0.1, 0.15) is 5.82 Å². The van der Waals surface area contributed by atoms with Gasteiger partial charge in [-0.05, 0) is 28.1 Å². The number of aromatic nitrogens is 2. The molecule has 0 saturated carbocycles. The third-order valence-corrected chi connectivity index (χ3v) is 3.51. The van der Waals surface area contributed by atoms with Gasteiger partial charge in [-0.3, -0.25) is 0 Å². The van der Waals surface area contributed by atoms with Crippen LogP contribution in [-0.2, 0) is 6.42 Å². The lowest BCUT2D eigenvalue weighted by Crippen LogP contribution is -2.15. The molecular formula is C12H12BrFN4O. The Labute approximate surface area is 117 Å². The lowest BCUT2D eigenvalue weighted by Gasteiger charge is -2.11. The minimum Gasteiger partial charge on any atom is -0.409 e. The lowest BCUT2D eigenvalue weighted by atomic mass is 10.1. The zero-order valence-electron chi connectivity index (χ0n) is 10.1. The van der Waals surface area contributed by atoms with Crippen LogP contribution in [0, 0.1) is 5.82 Å². The molecule has 2 aromatic rings. The molecule has 100 valence electrons. The molecule has 5 nitrogen and oxygen atoms in total. The van der Waals surface area contributed by atoms with Gasteiger partial charge in [-0.15, -0.1) is 0 Å². The molecule has 0 atom stereocenters. The number of hydrogen-bond acceptors (Lipinski definition) is 3. The number of nitrogens with two attached hydrogens (primary N) is 1. The second kappa shape index (κ2) is 5.40. The first-order valence-electron chi connectivity index (χ1n) is 5.58. The number of nitrogens with zero attached hydrogens (tertiary/aromatic N) is 3. The average Bonchev–Trinajstić information content (AvgIpc) is 2.89. The molecule has 0 amide bonds. The van der Waals surface area contributed by atoms with Gasteiger partial charge in [-0.1, -0.05) is 12.1 Å². The molecule has 0 aliphatic rings. The maximum atomic E-state index is 14.4. The molecule has 0 unspecified atom stereocenters. The van der Waals surface area contributed by atoms with Gasteiger partial charge in [-0.25, -0.2) is 9.37 Å². The monoisotopic (exact) mass is 326 g/mol. The topological polar surface area (TPSA) is 76.4 Å². The number of oxime groups is 1. The first kappa shape index (κ1) is 13.5. The highest BCUT2D eigenvalue weighted by atomic mass is 79.9. The van der Waals surface area contributed by atoms with Crippen LogP contribution in [0.25, 0.3) is 5.69 Å². The summed E-state index contributed by atoms with van der Waals surface area (Å²) < 4.78 is 16.2. The second-order valence-corrected chi connectivity index (χ2v) is 4.61. The predicted molar refractivity (Wildman–Crippen MR) is 73.1 cm³/mol. The molecule has 1 aromatic heterocycles. The molecule has 19 heavy (non-hydrogen) atoms. The molecule has 0 radical (unpaired) electrons. The normalized spacial score (nSPS) is 11.8. The van der Waals surface area contributed by atoms with E-state index in [1.165, 1.54) is 0 Å². The van der Waals surface area contributed by atoms with E-state index in [-0.39, 0.29) is 10.3 Å². The summed E-state index contributed by atoms with van der Waals surface area (Å²) >= 11 is 3.12. The third kappa shape index (κ3) is 2.33. The van der Waals surface area contributed by atoms with Crippen LogP contribution in [0.5, 0.6) is 0 Å². The first-order valence-corrected chi connectivity index (χ1v) is 6.38.